The van der Waals surface area contributed by atoms with Gasteiger partial charge in [-0.15, -0.1) is 0 Å². The van der Waals surface area contributed by atoms with E-state index in [4.69, 9.17) is 0 Å². The predicted molar refractivity (Wildman–Crippen MR) is 99.8 cm³/mol. The lowest BCUT2D eigenvalue weighted by Crippen LogP contribution is -2.39. The number of benzene rings is 1. The molecule has 1 aliphatic heterocycles. The zero-order valence-corrected chi connectivity index (χ0v) is 15.1. The highest BCUT2D eigenvalue weighted by molar-refractivity contribution is 5.92. The van der Waals surface area contributed by atoms with Crippen molar-refractivity contribution in [1.82, 2.24) is 24.9 Å². The van der Waals surface area contributed by atoms with Gasteiger partial charge in [-0.2, -0.15) is 10.2 Å². The molecule has 1 amide bonds. The molecule has 0 spiro atoms. The molecule has 3 heterocycles. The summed E-state index contributed by atoms with van der Waals surface area (Å²) in [7, 11) is 1.83. The van der Waals surface area contributed by atoms with E-state index in [1.807, 2.05) is 18.1 Å². The molecule has 0 saturated carbocycles. The average Bonchev–Trinajstić information content (AvgIpc) is 3.31. The molecule has 134 valence electrons. The summed E-state index contributed by atoms with van der Waals surface area (Å²) in [6.07, 6.45) is 5.72. The molecular formula is C20H23N5O. The molecule has 2 aromatic heterocycles. The summed E-state index contributed by atoms with van der Waals surface area (Å²) in [6, 6.07) is 10.3. The SMILES string of the molecule is Cc1ccc(-c2cn[nH]c2[C@H]2CCCN(C(=O)c3ccn(C)n3)C2)cc1. The van der Waals surface area contributed by atoms with Crippen LogP contribution in [0.4, 0.5) is 0 Å². The largest absolute Gasteiger partial charge is 0.337 e. The van der Waals surface area contributed by atoms with Crippen LogP contribution in [0.5, 0.6) is 0 Å². The number of carbonyl (C=O) groups excluding carboxylic acids is 1. The number of H-pyrrole nitrogens is 1. The molecule has 0 bridgehead atoms. The molecule has 3 aromatic rings. The molecule has 0 radical (unpaired) electrons. The first kappa shape index (κ1) is 16.6. The van der Waals surface area contributed by atoms with Crippen LogP contribution in [0.1, 0.15) is 40.5 Å². The zero-order chi connectivity index (χ0) is 18.1. The first-order valence-corrected chi connectivity index (χ1v) is 9.01. The third kappa shape index (κ3) is 3.14. The van der Waals surface area contributed by atoms with Gasteiger partial charge in [0.25, 0.3) is 5.91 Å². The molecule has 1 aromatic carbocycles. The number of rotatable bonds is 3. The van der Waals surface area contributed by atoms with Crippen molar-refractivity contribution in [1.29, 1.82) is 0 Å². The lowest BCUT2D eigenvalue weighted by molar-refractivity contribution is 0.0699. The van der Waals surface area contributed by atoms with Gasteiger partial charge in [-0.1, -0.05) is 29.8 Å². The van der Waals surface area contributed by atoms with Crippen molar-refractivity contribution in [3.8, 4) is 11.1 Å². The lowest BCUT2D eigenvalue weighted by atomic mass is 9.90. The Morgan fingerprint density at radius 2 is 2.04 bits per heavy atom. The highest BCUT2D eigenvalue weighted by Crippen LogP contribution is 2.33. The molecule has 1 atom stereocenters. The number of nitrogens with zero attached hydrogens (tertiary/aromatic N) is 4. The molecule has 4 rings (SSSR count). The van der Waals surface area contributed by atoms with Crippen molar-refractivity contribution in [2.45, 2.75) is 25.7 Å². The van der Waals surface area contributed by atoms with Crippen molar-refractivity contribution < 1.29 is 4.79 Å². The maximum atomic E-state index is 12.7. The van der Waals surface area contributed by atoms with E-state index in [9.17, 15) is 4.79 Å². The topological polar surface area (TPSA) is 66.8 Å². The van der Waals surface area contributed by atoms with Gasteiger partial charge < -0.3 is 4.90 Å². The molecule has 1 fully saturated rings. The Balaban J connectivity index is 1.56. The smallest absolute Gasteiger partial charge is 0.274 e. The number of hydrogen-bond acceptors (Lipinski definition) is 3. The molecule has 1 aliphatic rings. The second kappa shape index (κ2) is 6.78. The fourth-order valence-electron chi connectivity index (χ4n) is 3.66. The second-order valence-corrected chi connectivity index (χ2v) is 7.03. The fraction of sp³-hybridized carbons (Fsp3) is 0.350. The summed E-state index contributed by atoms with van der Waals surface area (Å²) in [4.78, 5) is 14.7. The Labute approximate surface area is 152 Å². The minimum absolute atomic E-state index is 0.00620. The molecule has 1 N–H and O–H groups in total. The van der Waals surface area contributed by atoms with E-state index in [1.165, 1.54) is 5.56 Å². The van der Waals surface area contributed by atoms with Crippen molar-refractivity contribution in [2.75, 3.05) is 13.1 Å². The van der Waals surface area contributed by atoms with Gasteiger partial charge in [-0.25, -0.2) is 0 Å². The quantitative estimate of drug-likeness (QED) is 0.790. The summed E-state index contributed by atoms with van der Waals surface area (Å²) >= 11 is 0. The third-order valence-corrected chi connectivity index (χ3v) is 5.08. The van der Waals surface area contributed by atoms with E-state index in [2.05, 4.69) is 46.5 Å². The Kier molecular flexibility index (Phi) is 4.32. The van der Waals surface area contributed by atoms with Gasteiger partial charge in [0.1, 0.15) is 5.69 Å². The highest BCUT2D eigenvalue weighted by Gasteiger charge is 2.29. The van der Waals surface area contributed by atoms with Crippen molar-refractivity contribution in [2.24, 2.45) is 7.05 Å². The van der Waals surface area contributed by atoms with Gasteiger partial charge in [-0.3, -0.25) is 14.6 Å². The van der Waals surface area contributed by atoms with Crippen molar-refractivity contribution in [3.05, 3.63) is 59.7 Å². The van der Waals surface area contributed by atoms with E-state index < -0.39 is 0 Å². The van der Waals surface area contributed by atoms with E-state index in [0.29, 0.717) is 12.2 Å². The molecular weight excluding hydrogens is 326 g/mol. The van der Waals surface area contributed by atoms with Crippen LogP contribution in [0, 0.1) is 6.92 Å². The van der Waals surface area contributed by atoms with Gasteiger partial charge in [0.05, 0.1) is 6.20 Å². The number of likely N-dealkylation sites (tertiary alicyclic amines) is 1. The Bertz CT molecular complexity index is 908. The van der Waals surface area contributed by atoms with Gasteiger partial charge >= 0.3 is 0 Å². The van der Waals surface area contributed by atoms with Gasteiger partial charge in [0, 0.05) is 43.5 Å². The fourth-order valence-corrected chi connectivity index (χ4v) is 3.66. The van der Waals surface area contributed by atoms with Crippen LogP contribution < -0.4 is 0 Å². The molecule has 6 heteroatoms. The van der Waals surface area contributed by atoms with Crippen LogP contribution in [-0.4, -0.2) is 43.9 Å². The normalized spacial score (nSPS) is 17.5. The number of hydrogen-bond donors (Lipinski definition) is 1. The molecule has 1 saturated heterocycles. The van der Waals surface area contributed by atoms with Gasteiger partial charge in [-0.05, 0) is 31.4 Å². The van der Waals surface area contributed by atoms with Crippen molar-refractivity contribution >= 4 is 5.91 Å². The number of amides is 1. The first-order chi connectivity index (χ1) is 12.6. The number of aromatic nitrogens is 4. The molecule has 0 aliphatic carbocycles. The maximum absolute atomic E-state index is 12.7. The van der Waals surface area contributed by atoms with E-state index in [1.54, 1.807) is 16.9 Å². The number of nitrogens with one attached hydrogen (secondary N) is 1. The molecule has 26 heavy (non-hydrogen) atoms. The minimum Gasteiger partial charge on any atom is -0.337 e. The summed E-state index contributed by atoms with van der Waals surface area (Å²) in [5.41, 5.74) is 5.15. The lowest BCUT2D eigenvalue weighted by Gasteiger charge is -2.32. The van der Waals surface area contributed by atoms with E-state index in [0.717, 1.165) is 36.2 Å². The van der Waals surface area contributed by atoms with Crippen LogP contribution in [0.2, 0.25) is 0 Å². The van der Waals surface area contributed by atoms with E-state index in [-0.39, 0.29) is 11.8 Å². The van der Waals surface area contributed by atoms with E-state index >= 15 is 0 Å². The predicted octanol–water partition coefficient (Wildman–Crippen LogP) is 3.14. The van der Waals surface area contributed by atoms with Crippen LogP contribution in [-0.2, 0) is 7.05 Å². The van der Waals surface area contributed by atoms with Gasteiger partial charge in [0.15, 0.2) is 0 Å². The summed E-state index contributed by atoms with van der Waals surface area (Å²) < 4.78 is 1.67. The average molecular weight is 349 g/mol. The third-order valence-electron chi connectivity index (χ3n) is 5.08. The summed E-state index contributed by atoms with van der Waals surface area (Å²) in [6.45, 7) is 3.55. The first-order valence-electron chi connectivity index (χ1n) is 9.01. The summed E-state index contributed by atoms with van der Waals surface area (Å²) in [5.74, 6) is 0.266. The maximum Gasteiger partial charge on any atom is 0.274 e. The number of aromatic amines is 1. The molecule has 0 unspecified atom stereocenters. The number of carbonyl (C=O) groups is 1. The Hall–Kier alpha value is -2.89. The second-order valence-electron chi connectivity index (χ2n) is 7.03. The number of aryl methyl sites for hydroxylation is 2. The Morgan fingerprint density at radius 3 is 2.77 bits per heavy atom. The zero-order valence-electron chi connectivity index (χ0n) is 15.1. The van der Waals surface area contributed by atoms with Crippen LogP contribution in [0.25, 0.3) is 11.1 Å². The highest BCUT2D eigenvalue weighted by atomic mass is 16.2. The van der Waals surface area contributed by atoms with Gasteiger partial charge in [0.2, 0.25) is 0 Å². The minimum atomic E-state index is 0.00620. The monoisotopic (exact) mass is 349 g/mol. The summed E-state index contributed by atoms with van der Waals surface area (Å²) in [5, 5.41) is 11.7. The van der Waals surface area contributed by atoms with Crippen molar-refractivity contribution in [3.63, 3.8) is 0 Å². The Morgan fingerprint density at radius 1 is 1.23 bits per heavy atom. The standard InChI is InChI=1S/C20H23N5O/c1-14-5-7-15(8-6-14)17-12-21-22-19(17)16-4-3-10-25(13-16)20(26)18-9-11-24(2)23-18/h5-9,11-12,16H,3-4,10,13H2,1-2H3,(H,21,22)/t16-/m0/s1. The van der Waals surface area contributed by atoms with Crippen LogP contribution >= 0.6 is 0 Å². The van der Waals surface area contributed by atoms with Crippen LogP contribution in [0.3, 0.4) is 0 Å². The van der Waals surface area contributed by atoms with Crippen LogP contribution in [0.15, 0.2) is 42.7 Å². The molecule has 6 nitrogen and oxygen atoms in total. The number of piperidine rings is 1.